The Morgan fingerprint density at radius 2 is 2.03 bits per heavy atom. The van der Waals surface area contributed by atoms with Crippen LogP contribution < -0.4 is 5.32 Å². The molecule has 2 amide bonds. The van der Waals surface area contributed by atoms with Crippen molar-refractivity contribution in [3.63, 3.8) is 0 Å². The lowest BCUT2D eigenvalue weighted by atomic mass is 10.0. The second kappa shape index (κ2) is 7.76. The summed E-state index contributed by atoms with van der Waals surface area (Å²) in [6.45, 7) is 10.6. The van der Waals surface area contributed by atoms with Gasteiger partial charge in [0.15, 0.2) is 5.13 Å². The summed E-state index contributed by atoms with van der Waals surface area (Å²) in [5.41, 5.74) is 3.96. The Kier molecular flexibility index (Phi) is 5.46. The van der Waals surface area contributed by atoms with Crippen molar-refractivity contribution in [3.05, 3.63) is 29.0 Å². The minimum atomic E-state index is -0.120. The minimum Gasteiger partial charge on any atom is -0.331 e. The van der Waals surface area contributed by atoms with E-state index >= 15 is 0 Å². The standard InChI is InChI=1S/C22H27N3O2S2/c1-11(2)28-18-9-16(20-12(3)23-22(29-20)24-14(5)26)8-17-10-25(21(27)19(17)18)13(4)15-6-7-15/h8-9,11,13,15H,6-7,10H2,1-5H3,(H,23,24,26)/t13-/m0/s1. The van der Waals surface area contributed by atoms with Gasteiger partial charge in [-0.15, -0.1) is 11.8 Å². The number of amides is 2. The summed E-state index contributed by atoms with van der Waals surface area (Å²) < 4.78 is 0. The number of anilines is 1. The van der Waals surface area contributed by atoms with Crippen molar-refractivity contribution in [3.8, 4) is 10.4 Å². The number of fused-ring (bicyclic) bond motifs is 1. The third-order valence-electron chi connectivity index (χ3n) is 5.50. The normalized spacial score (nSPS) is 17.0. The number of aryl methyl sites for hydroxylation is 1. The zero-order valence-electron chi connectivity index (χ0n) is 17.5. The van der Waals surface area contributed by atoms with Crippen LogP contribution in [0.2, 0.25) is 0 Å². The smallest absolute Gasteiger partial charge is 0.255 e. The van der Waals surface area contributed by atoms with Crippen LogP contribution in [-0.4, -0.2) is 33.0 Å². The zero-order chi connectivity index (χ0) is 20.9. The molecule has 1 saturated carbocycles. The summed E-state index contributed by atoms with van der Waals surface area (Å²) in [6.07, 6.45) is 2.46. The number of aromatic nitrogens is 1. The first-order valence-corrected chi connectivity index (χ1v) is 11.8. The predicted octanol–water partition coefficient (Wildman–Crippen LogP) is 5.33. The number of benzene rings is 1. The van der Waals surface area contributed by atoms with Crippen LogP contribution in [0.4, 0.5) is 5.13 Å². The van der Waals surface area contributed by atoms with Gasteiger partial charge in [0.2, 0.25) is 5.91 Å². The van der Waals surface area contributed by atoms with E-state index in [-0.39, 0.29) is 11.8 Å². The van der Waals surface area contributed by atoms with Crippen molar-refractivity contribution >= 4 is 40.0 Å². The highest BCUT2D eigenvalue weighted by Gasteiger charge is 2.40. The molecule has 2 aromatic rings. The van der Waals surface area contributed by atoms with Crippen LogP contribution in [-0.2, 0) is 11.3 Å². The summed E-state index contributed by atoms with van der Waals surface area (Å²) in [4.78, 5) is 33.3. The van der Waals surface area contributed by atoms with Crippen LogP contribution in [0.25, 0.3) is 10.4 Å². The first kappa shape index (κ1) is 20.4. The van der Waals surface area contributed by atoms with Crippen molar-refractivity contribution in [1.82, 2.24) is 9.88 Å². The maximum atomic E-state index is 13.3. The maximum Gasteiger partial charge on any atom is 0.255 e. The van der Waals surface area contributed by atoms with E-state index in [2.05, 4.69) is 48.1 Å². The average molecular weight is 430 g/mol. The van der Waals surface area contributed by atoms with Crippen LogP contribution in [0.1, 0.15) is 62.2 Å². The predicted molar refractivity (Wildman–Crippen MR) is 120 cm³/mol. The maximum absolute atomic E-state index is 13.3. The molecular weight excluding hydrogens is 402 g/mol. The molecule has 1 aromatic carbocycles. The number of rotatable bonds is 6. The monoisotopic (exact) mass is 429 g/mol. The lowest BCUT2D eigenvalue weighted by Crippen LogP contribution is -2.34. The Labute approximate surface area is 180 Å². The summed E-state index contributed by atoms with van der Waals surface area (Å²) in [7, 11) is 0. The van der Waals surface area contributed by atoms with Gasteiger partial charge in [0, 0.05) is 29.7 Å². The van der Waals surface area contributed by atoms with E-state index in [0.717, 1.165) is 32.2 Å². The van der Waals surface area contributed by atoms with Gasteiger partial charge in [0.1, 0.15) is 0 Å². The highest BCUT2D eigenvalue weighted by atomic mass is 32.2. The molecule has 1 aliphatic carbocycles. The van der Waals surface area contributed by atoms with E-state index in [1.165, 1.54) is 31.1 Å². The van der Waals surface area contributed by atoms with E-state index in [9.17, 15) is 9.59 Å². The highest BCUT2D eigenvalue weighted by molar-refractivity contribution is 8.00. The molecule has 7 heteroatoms. The van der Waals surface area contributed by atoms with Crippen molar-refractivity contribution in [1.29, 1.82) is 0 Å². The lowest BCUT2D eigenvalue weighted by Gasteiger charge is -2.24. The second-order valence-electron chi connectivity index (χ2n) is 8.30. The summed E-state index contributed by atoms with van der Waals surface area (Å²) in [6, 6.07) is 4.58. The molecule has 5 nitrogen and oxygen atoms in total. The van der Waals surface area contributed by atoms with E-state index in [1.54, 1.807) is 11.8 Å². The zero-order valence-corrected chi connectivity index (χ0v) is 19.2. The Morgan fingerprint density at radius 1 is 1.31 bits per heavy atom. The molecular formula is C22H27N3O2S2. The van der Waals surface area contributed by atoms with E-state index in [1.807, 2.05) is 6.92 Å². The quantitative estimate of drug-likeness (QED) is 0.630. The first-order chi connectivity index (χ1) is 13.7. The molecule has 154 valence electrons. The highest BCUT2D eigenvalue weighted by Crippen LogP contribution is 2.43. The molecule has 1 N–H and O–H groups in total. The van der Waals surface area contributed by atoms with Gasteiger partial charge in [-0.1, -0.05) is 25.2 Å². The van der Waals surface area contributed by atoms with E-state index < -0.39 is 0 Å². The van der Waals surface area contributed by atoms with Gasteiger partial charge in [-0.3, -0.25) is 9.59 Å². The van der Waals surface area contributed by atoms with Gasteiger partial charge < -0.3 is 10.2 Å². The number of carbonyl (C=O) groups excluding carboxylic acids is 2. The van der Waals surface area contributed by atoms with Gasteiger partial charge in [-0.05, 0) is 55.9 Å². The SMILES string of the molecule is CC(=O)Nc1nc(C)c(-c2cc3c(c(SC(C)C)c2)C(=O)N([C@@H](C)C2CC2)C3)s1. The van der Waals surface area contributed by atoms with Crippen molar-refractivity contribution in [2.24, 2.45) is 5.92 Å². The number of thioether (sulfide) groups is 1. The Hall–Kier alpha value is -1.86. The Morgan fingerprint density at radius 3 is 2.66 bits per heavy atom. The molecule has 0 unspecified atom stereocenters. The number of hydrogen-bond donors (Lipinski definition) is 1. The Bertz CT molecular complexity index is 979. The summed E-state index contributed by atoms with van der Waals surface area (Å²) in [5, 5.41) is 3.78. The fraction of sp³-hybridized carbons (Fsp3) is 0.500. The van der Waals surface area contributed by atoms with Crippen molar-refractivity contribution < 1.29 is 9.59 Å². The number of nitrogens with one attached hydrogen (secondary N) is 1. The van der Waals surface area contributed by atoms with Crippen molar-refractivity contribution in [2.75, 3.05) is 5.32 Å². The van der Waals surface area contributed by atoms with Crippen LogP contribution in [0.15, 0.2) is 17.0 Å². The van der Waals surface area contributed by atoms with Crippen LogP contribution in [0, 0.1) is 12.8 Å². The van der Waals surface area contributed by atoms with Crippen LogP contribution in [0.5, 0.6) is 0 Å². The molecule has 0 spiro atoms. The fourth-order valence-electron chi connectivity index (χ4n) is 3.95. The number of thiazole rings is 1. The topological polar surface area (TPSA) is 62.3 Å². The van der Waals surface area contributed by atoms with E-state index in [0.29, 0.717) is 28.9 Å². The molecule has 2 heterocycles. The van der Waals surface area contributed by atoms with Gasteiger partial charge in [-0.2, -0.15) is 0 Å². The van der Waals surface area contributed by atoms with Gasteiger partial charge in [-0.25, -0.2) is 4.98 Å². The van der Waals surface area contributed by atoms with E-state index in [4.69, 9.17) is 0 Å². The molecule has 0 bridgehead atoms. The average Bonchev–Trinajstić information content (AvgIpc) is 3.33. The number of nitrogens with zero attached hydrogens (tertiary/aromatic N) is 2. The minimum absolute atomic E-state index is 0.120. The molecule has 1 aromatic heterocycles. The molecule has 2 aliphatic rings. The molecule has 1 atom stereocenters. The van der Waals surface area contributed by atoms with Crippen LogP contribution in [0.3, 0.4) is 0 Å². The molecule has 1 fully saturated rings. The fourth-order valence-corrected chi connectivity index (χ4v) is 5.99. The summed E-state index contributed by atoms with van der Waals surface area (Å²) >= 11 is 3.23. The number of hydrogen-bond acceptors (Lipinski definition) is 5. The lowest BCUT2D eigenvalue weighted by molar-refractivity contribution is -0.114. The Balaban J connectivity index is 1.75. The number of carbonyl (C=O) groups is 2. The third kappa shape index (κ3) is 4.08. The van der Waals surface area contributed by atoms with Gasteiger partial charge in [0.25, 0.3) is 5.91 Å². The van der Waals surface area contributed by atoms with Gasteiger partial charge >= 0.3 is 0 Å². The summed E-state index contributed by atoms with van der Waals surface area (Å²) in [5.74, 6) is 0.706. The second-order valence-corrected chi connectivity index (χ2v) is 10.9. The first-order valence-electron chi connectivity index (χ1n) is 10.1. The van der Waals surface area contributed by atoms with Gasteiger partial charge in [0.05, 0.1) is 16.1 Å². The molecule has 29 heavy (non-hydrogen) atoms. The van der Waals surface area contributed by atoms with Crippen molar-refractivity contribution in [2.45, 2.75) is 70.2 Å². The molecule has 0 radical (unpaired) electrons. The largest absolute Gasteiger partial charge is 0.331 e. The molecule has 4 rings (SSSR count). The third-order valence-corrected chi connectivity index (χ3v) is 7.67. The van der Waals surface area contributed by atoms with Crippen LogP contribution >= 0.6 is 23.1 Å². The molecule has 0 saturated heterocycles. The molecule has 1 aliphatic heterocycles.